The van der Waals surface area contributed by atoms with E-state index in [-0.39, 0.29) is 11.5 Å². The van der Waals surface area contributed by atoms with E-state index in [1.807, 2.05) is 12.1 Å². The van der Waals surface area contributed by atoms with Gasteiger partial charge in [-0.25, -0.2) is 10.8 Å². The first-order valence-corrected chi connectivity index (χ1v) is 5.76. The van der Waals surface area contributed by atoms with Gasteiger partial charge in [-0.15, -0.1) is 0 Å². The first-order chi connectivity index (χ1) is 7.90. The Labute approximate surface area is 102 Å². The molecule has 17 heavy (non-hydrogen) atoms. The van der Waals surface area contributed by atoms with Gasteiger partial charge >= 0.3 is 0 Å². The third-order valence-corrected chi connectivity index (χ3v) is 2.26. The number of aliphatic hydroxyl groups is 1. The lowest BCUT2D eigenvalue weighted by atomic mass is 9.89. The molecule has 1 atom stereocenters. The number of hydrazine groups is 1. The first kappa shape index (κ1) is 13.7. The summed E-state index contributed by atoms with van der Waals surface area (Å²) in [5.41, 5.74) is 2.60. The number of nitrogens with zero attached hydrogens (tertiary/aromatic N) is 1. The van der Waals surface area contributed by atoms with Crippen LogP contribution in [-0.2, 0) is 0 Å². The minimum Gasteiger partial charge on any atom is -0.391 e. The number of nitrogens with two attached hydrogens (primary N) is 1. The number of anilines is 2. The van der Waals surface area contributed by atoms with Crippen molar-refractivity contribution in [3.8, 4) is 0 Å². The molecule has 0 aliphatic heterocycles. The van der Waals surface area contributed by atoms with Gasteiger partial charge in [0.25, 0.3) is 0 Å². The van der Waals surface area contributed by atoms with Crippen molar-refractivity contribution >= 4 is 11.6 Å². The Balaban J connectivity index is 2.44. The molecule has 0 aliphatic rings. The summed E-state index contributed by atoms with van der Waals surface area (Å²) in [7, 11) is 0. The molecule has 0 saturated heterocycles. The van der Waals surface area contributed by atoms with E-state index < -0.39 is 0 Å². The molecule has 1 aromatic rings. The average Bonchev–Trinajstić information content (AvgIpc) is 2.24. The van der Waals surface area contributed by atoms with E-state index in [9.17, 15) is 5.11 Å². The molecule has 0 fully saturated rings. The molecule has 0 aliphatic carbocycles. The van der Waals surface area contributed by atoms with Gasteiger partial charge in [0, 0.05) is 6.54 Å². The Bertz CT molecular complexity index is 349. The van der Waals surface area contributed by atoms with Crippen LogP contribution in [0.1, 0.15) is 27.2 Å². The van der Waals surface area contributed by atoms with Gasteiger partial charge in [-0.2, -0.15) is 0 Å². The van der Waals surface area contributed by atoms with Crippen molar-refractivity contribution in [1.29, 1.82) is 0 Å². The fourth-order valence-corrected chi connectivity index (χ4v) is 1.61. The van der Waals surface area contributed by atoms with Crippen LogP contribution < -0.4 is 16.6 Å². The molecule has 1 rings (SSSR count). The van der Waals surface area contributed by atoms with Crippen molar-refractivity contribution in [2.24, 2.45) is 11.3 Å². The van der Waals surface area contributed by atoms with Crippen LogP contribution in [0.2, 0.25) is 0 Å². The zero-order chi connectivity index (χ0) is 12.9. The smallest absolute Gasteiger partial charge is 0.142 e. The summed E-state index contributed by atoms with van der Waals surface area (Å²) in [6, 6.07) is 5.46. The molecule has 1 unspecified atom stereocenters. The highest BCUT2D eigenvalue weighted by Crippen LogP contribution is 2.20. The van der Waals surface area contributed by atoms with Gasteiger partial charge in [0.05, 0.1) is 6.10 Å². The van der Waals surface area contributed by atoms with Crippen LogP contribution in [0.15, 0.2) is 18.2 Å². The average molecular weight is 238 g/mol. The SMILES string of the molecule is CC(C)(C)CC(O)CNc1cccc(NN)n1. The number of rotatable bonds is 5. The van der Waals surface area contributed by atoms with Crippen LogP contribution in [0.5, 0.6) is 0 Å². The van der Waals surface area contributed by atoms with E-state index in [4.69, 9.17) is 5.84 Å². The van der Waals surface area contributed by atoms with Gasteiger partial charge in [-0.3, -0.25) is 0 Å². The topological polar surface area (TPSA) is 83.2 Å². The summed E-state index contributed by atoms with van der Waals surface area (Å²) in [5.74, 6) is 6.57. The predicted octanol–water partition coefficient (Wildman–Crippen LogP) is 1.58. The molecule has 0 aromatic carbocycles. The molecule has 0 saturated carbocycles. The number of pyridine rings is 1. The number of nitrogen functional groups attached to an aromatic ring is 1. The highest BCUT2D eigenvalue weighted by molar-refractivity contribution is 5.44. The lowest BCUT2D eigenvalue weighted by Gasteiger charge is -2.22. The highest BCUT2D eigenvalue weighted by atomic mass is 16.3. The predicted molar refractivity (Wildman–Crippen MR) is 70.6 cm³/mol. The third kappa shape index (κ3) is 5.51. The highest BCUT2D eigenvalue weighted by Gasteiger charge is 2.16. The normalized spacial score (nSPS) is 13.2. The third-order valence-electron chi connectivity index (χ3n) is 2.26. The fourth-order valence-electron chi connectivity index (χ4n) is 1.61. The lowest BCUT2D eigenvalue weighted by Crippen LogP contribution is -2.25. The zero-order valence-corrected chi connectivity index (χ0v) is 10.7. The minimum absolute atomic E-state index is 0.120. The summed E-state index contributed by atoms with van der Waals surface area (Å²) in [5, 5.41) is 12.9. The maximum atomic E-state index is 9.84. The second kappa shape index (κ2) is 5.84. The molecule has 96 valence electrons. The summed E-state index contributed by atoms with van der Waals surface area (Å²) in [6.07, 6.45) is 0.362. The quantitative estimate of drug-likeness (QED) is 0.462. The Morgan fingerprint density at radius 3 is 2.59 bits per heavy atom. The summed E-state index contributed by atoms with van der Waals surface area (Å²) >= 11 is 0. The van der Waals surface area contributed by atoms with Crippen molar-refractivity contribution in [2.45, 2.75) is 33.3 Å². The lowest BCUT2D eigenvalue weighted by molar-refractivity contribution is 0.132. The fraction of sp³-hybridized carbons (Fsp3) is 0.583. The second-order valence-electron chi connectivity index (χ2n) is 5.35. The monoisotopic (exact) mass is 238 g/mol. The van der Waals surface area contributed by atoms with Crippen molar-refractivity contribution in [3.63, 3.8) is 0 Å². The van der Waals surface area contributed by atoms with E-state index in [0.717, 1.165) is 6.42 Å². The van der Waals surface area contributed by atoms with E-state index in [2.05, 4.69) is 36.5 Å². The molecule has 0 spiro atoms. The van der Waals surface area contributed by atoms with Crippen LogP contribution in [0, 0.1) is 5.41 Å². The van der Waals surface area contributed by atoms with Crippen LogP contribution in [-0.4, -0.2) is 22.7 Å². The van der Waals surface area contributed by atoms with Crippen molar-refractivity contribution in [1.82, 2.24) is 4.98 Å². The summed E-state index contributed by atoms with van der Waals surface area (Å²) in [4.78, 5) is 4.20. The molecule has 1 heterocycles. The molecule has 5 nitrogen and oxygen atoms in total. The van der Waals surface area contributed by atoms with Gasteiger partial charge in [0.15, 0.2) is 0 Å². The molecular formula is C12H22N4O. The Morgan fingerprint density at radius 2 is 2.00 bits per heavy atom. The maximum absolute atomic E-state index is 9.84. The minimum atomic E-state index is -0.383. The van der Waals surface area contributed by atoms with Gasteiger partial charge < -0.3 is 15.8 Å². The Hall–Kier alpha value is -1.33. The summed E-state index contributed by atoms with van der Waals surface area (Å²) in [6.45, 7) is 6.80. The van der Waals surface area contributed by atoms with Gasteiger partial charge in [-0.1, -0.05) is 26.8 Å². The number of hydrogen-bond acceptors (Lipinski definition) is 5. The standard InChI is InChI=1S/C12H22N4O/c1-12(2,3)7-9(17)8-14-10-5-4-6-11(15-10)16-13/h4-6,9,17H,7-8,13H2,1-3H3,(H2,14,15,16). The number of aromatic nitrogens is 1. The van der Waals surface area contributed by atoms with E-state index in [1.165, 1.54) is 0 Å². The molecule has 0 radical (unpaired) electrons. The number of hydrogen-bond donors (Lipinski definition) is 4. The zero-order valence-electron chi connectivity index (χ0n) is 10.7. The van der Waals surface area contributed by atoms with Crippen LogP contribution in [0.4, 0.5) is 11.6 Å². The van der Waals surface area contributed by atoms with E-state index in [1.54, 1.807) is 6.07 Å². The maximum Gasteiger partial charge on any atom is 0.142 e. The molecule has 0 bridgehead atoms. The Kier molecular flexibility index (Phi) is 4.72. The largest absolute Gasteiger partial charge is 0.391 e. The molecule has 0 amide bonds. The van der Waals surface area contributed by atoms with E-state index in [0.29, 0.717) is 18.2 Å². The molecular weight excluding hydrogens is 216 g/mol. The first-order valence-electron chi connectivity index (χ1n) is 5.76. The molecule has 5 heteroatoms. The van der Waals surface area contributed by atoms with Gasteiger partial charge in [0.2, 0.25) is 0 Å². The molecule has 1 aromatic heterocycles. The van der Waals surface area contributed by atoms with Gasteiger partial charge in [-0.05, 0) is 24.0 Å². The van der Waals surface area contributed by atoms with Gasteiger partial charge in [0.1, 0.15) is 11.6 Å². The van der Waals surface area contributed by atoms with Crippen molar-refractivity contribution in [2.75, 3.05) is 17.3 Å². The van der Waals surface area contributed by atoms with Crippen LogP contribution in [0.3, 0.4) is 0 Å². The number of nitrogens with one attached hydrogen (secondary N) is 2. The summed E-state index contributed by atoms with van der Waals surface area (Å²) < 4.78 is 0. The second-order valence-corrected chi connectivity index (χ2v) is 5.35. The van der Waals surface area contributed by atoms with E-state index >= 15 is 0 Å². The number of aliphatic hydroxyl groups excluding tert-OH is 1. The van der Waals surface area contributed by atoms with Crippen molar-refractivity contribution < 1.29 is 5.11 Å². The van der Waals surface area contributed by atoms with Crippen LogP contribution >= 0.6 is 0 Å². The van der Waals surface area contributed by atoms with Crippen LogP contribution in [0.25, 0.3) is 0 Å². The Morgan fingerprint density at radius 1 is 1.35 bits per heavy atom. The van der Waals surface area contributed by atoms with Crippen molar-refractivity contribution in [3.05, 3.63) is 18.2 Å². The molecule has 5 N–H and O–H groups in total.